The van der Waals surface area contributed by atoms with Gasteiger partial charge in [-0.2, -0.15) is 0 Å². The molecule has 24 heavy (non-hydrogen) atoms. The van der Waals surface area contributed by atoms with Gasteiger partial charge < -0.3 is 15.5 Å². The van der Waals surface area contributed by atoms with Crippen molar-refractivity contribution in [2.75, 3.05) is 36.4 Å². The summed E-state index contributed by atoms with van der Waals surface area (Å²) in [5.74, 6) is 0.0503. The van der Waals surface area contributed by atoms with E-state index in [0.717, 1.165) is 37.4 Å². The number of rotatable bonds is 4. The number of pyridine rings is 1. The van der Waals surface area contributed by atoms with Crippen LogP contribution in [0.4, 0.5) is 15.9 Å². The molecule has 128 valence electrons. The standard InChI is InChI=1S/C17H19FN4O.ClH/c18-14-3-1-13(2-4-14)11-17(23)21-16-6-5-15(12-20-16)22-9-7-19-8-10-22;/h1-6,12,19H,7-11H2,(H,20,21,23);1H. The number of benzene rings is 1. The highest BCUT2D eigenvalue weighted by molar-refractivity contribution is 5.91. The van der Waals surface area contributed by atoms with Gasteiger partial charge in [0.25, 0.3) is 0 Å². The third-order valence-electron chi connectivity index (χ3n) is 3.78. The lowest BCUT2D eigenvalue weighted by molar-refractivity contribution is -0.115. The SMILES string of the molecule is Cl.O=C(Cc1ccc(F)cc1)Nc1ccc(N2CCNCC2)cn1. The van der Waals surface area contributed by atoms with Crippen molar-refractivity contribution in [2.45, 2.75) is 6.42 Å². The minimum absolute atomic E-state index is 0. The van der Waals surface area contributed by atoms with Gasteiger partial charge >= 0.3 is 0 Å². The van der Waals surface area contributed by atoms with Crippen LogP contribution in [0.15, 0.2) is 42.6 Å². The van der Waals surface area contributed by atoms with Crippen LogP contribution in [0.25, 0.3) is 0 Å². The zero-order valence-electron chi connectivity index (χ0n) is 13.2. The number of amides is 1. The molecule has 5 nitrogen and oxygen atoms in total. The average Bonchev–Trinajstić information content (AvgIpc) is 2.58. The van der Waals surface area contributed by atoms with Crippen molar-refractivity contribution in [3.05, 3.63) is 54.0 Å². The monoisotopic (exact) mass is 350 g/mol. The van der Waals surface area contributed by atoms with E-state index in [9.17, 15) is 9.18 Å². The van der Waals surface area contributed by atoms with Gasteiger partial charge in [-0.05, 0) is 29.8 Å². The first-order chi connectivity index (χ1) is 11.2. The molecule has 0 unspecified atom stereocenters. The molecule has 0 saturated carbocycles. The summed E-state index contributed by atoms with van der Waals surface area (Å²) in [4.78, 5) is 18.5. The van der Waals surface area contributed by atoms with Crippen LogP contribution in [0.3, 0.4) is 0 Å². The van der Waals surface area contributed by atoms with Crippen molar-refractivity contribution in [1.82, 2.24) is 10.3 Å². The van der Waals surface area contributed by atoms with Crippen LogP contribution in [0, 0.1) is 5.82 Å². The second-order valence-corrected chi connectivity index (χ2v) is 5.49. The number of aromatic nitrogens is 1. The number of carbonyl (C=O) groups is 1. The fourth-order valence-electron chi connectivity index (χ4n) is 2.54. The maximum Gasteiger partial charge on any atom is 0.229 e. The third-order valence-corrected chi connectivity index (χ3v) is 3.78. The summed E-state index contributed by atoms with van der Waals surface area (Å²) in [6, 6.07) is 9.68. The highest BCUT2D eigenvalue weighted by atomic mass is 35.5. The molecule has 1 aromatic heterocycles. The molecule has 1 fully saturated rings. The van der Waals surface area contributed by atoms with Crippen molar-refractivity contribution < 1.29 is 9.18 Å². The van der Waals surface area contributed by atoms with E-state index in [1.54, 1.807) is 24.4 Å². The van der Waals surface area contributed by atoms with Crippen LogP contribution in [-0.4, -0.2) is 37.1 Å². The summed E-state index contributed by atoms with van der Waals surface area (Å²) in [7, 11) is 0. The number of nitrogens with zero attached hydrogens (tertiary/aromatic N) is 2. The maximum absolute atomic E-state index is 12.8. The van der Waals surface area contributed by atoms with Crippen LogP contribution in [0.5, 0.6) is 0 Å². The Morgan fingerprint density at radius 1 is 1.17 bits per heavy atom. The fourth-order valence-corrected chi connectivity index (χ4v) is 2.54. The highest BCUT2D eigenvalue weighted by Gasteiger charge is 2.11. The molecule has 1 aliphatic heterocycles. The Kier molecular flexibility index (Phi) is 6.52. The first-order valence-electron chi connectivity index (χ1n) is 7.67. The van der Waals surface area contributed by atoms with Gasteiger partial charge in [-0.15, -0.1) is 12.4 Å². The van der Waals surface area contributed by atoms with Crippen LogP contribution >= 0.6 is 12.4 Å². The van der Waals surface area contributed by atoms with Crippen LogP contribution < -0.4 is 15.5 Å². The van der Waals surface area contributed by atoms with Crippen molar-refractivity contribution in [3.8, 4) is 0 Å². The third kappa shape index (κ3) is 4.91. The molecule has 0 aliphatic carbocycles. The Balaban J connectivity index is 0.00000208. The molecule has 2 N–H and O–H groups in total. The molecule has 0 bridgehead atoms. The van der Waals surface area contributed by atoms with E-state index in [-0.39, 0.29) is 30.6 Å². The molecule has 1 saturated heterocycles. The number of halogens is 2. The molecule has 2 heterocycles. The predicted octanol–water partition coefficient (Wildman–Crippen LogP) is 2.23. The fraction of sp³-hybridized carbons (Fsp3) is 0.294. The Hall–Kier alpha value is -2.18. The van der Waals surface area contributed by atoms with E-state index in [4.69, 9.17) is 0 Å². The van der Waals surface area contributed by atoms with Crippen molar-refractivity contribution in [2.24, 2.45) is 0 Å². The van der Waals surface area contributed by atoms with Crippen LogP contribution in [0.2, 0.25) is 0 Å². The molecule has 0 radical (unpaired) electrons. The lowest BCUT2D eigenvalue weighted by atomic mass is 10.1. The van der Waals surface area contributed by atoms with Gasteiger partial charge in [0, 0.05) is 26.2 Å². The zero-order valence-corrected chi connectivity index (χ0v) is 14.0. The van der Waals surface area contributed by atoms with E-state index >= 15 is 0 Å². The quantitative estimate of drug-likeness (QED) is 0.888. The van der Waals surface area contributed by atoms with Gasteiger partial charge in [-0.25, -0.2) is 9.37 Å². The lowest BCUT2D eigenvalue weighted by Crippen LogP contribution is -2.43. The Morgan fingerprint density at radius 3 is 2.50 bits per heavy atom. The Labute approximate surface area is 146 Å². The van der Waals surface area contributed by atoms with E-state index in [0.29, 0.717) is 5.82 Å². The smallest absolute Gasteiger partial charge is 0.229 e. The number of anilines is 2. The van der Waals surface area contributed by atoms with E-state index in [2.05, 4.69) is 20.5 Å². The summed E-state index contributed by atoms with van der Waals surface area (Å²) < 4.78 is 12.8. The van der Waals surface area contributed by atoms with Crippen LogP contribution in [-0.2, 0) is 11.2 Å². The van der Waals surface area contributed by atoms with E-state index < -0.39 is 0 Å². The number of carbonyl (C=O) groups excluding carboxylic acids is 1. The minimum Gasteiger partial charge on any atom is -0.368 e. The van der Waals surface area contributed by atoms with Crippen molar-refractivity contribution in [1.29, 1.82) is 0 Å². The number of piperazine rings is 1. The normalized spacial score (nSPS) is 14.0. The minimum atomic E-state index is -0.306. The molecular weight excluding hydrogens is 331 g/mol. The number of hydrogen-bond donors (Lipinski definition) is 2. The number of nitrogens with one attached hydrogen (secondary N) is 2. The lowest BCUT2D eigenvalue weighted by Gasteiger charge is -2.29. The van der Waals surface area contributed by atoms with Crippen molar-refractivity contribution >= 4 is 29.8 Å². The summed E-state index contributed by atoms with van der Waals surface area (Å²) >= 11 is 0. The van der Waals surface area contributed by atoms with Crippen LogP contribution in [0.1, 0.15) is 5.56 Å². The first kappa shape index (κ1) is 18.2. The first-order valence-corrected chi connectivity index (χ1v) is 7.67. The molecule has 3 rings (SSSR count). The predicted molar refractivity (Wildman–Crippen MR) is 95.3 cm³/mol. The summed E-state index contributed by atoms with van der Waals surface area (Å²) in [6.07, 6.45) is 1.97. The summed E-state index contributed by atoms with van der Waals surface area (Å²) in [5.41, 5.74) is 1.82. The molecule has 1 aromatic carbocycles. The molecule has 1 amide bonds. The van der Waals surface area contributed by atoms with Gasteiger partial charge in [0.2, 0.25) is 5.91 Å². The molecule has 0 atom stereocenters. The Bertz CT molecular complexity index is 657. The molecular formula is C17H20ClFN4O. The second-order valence-electron chi connectivity index (χ2n) is 5.49. The molecule has 0 spiro atoms. The molecule has 2 aromatic rings. The number of hydrogen-bond acceptors (Lipinski definition) is 4. The molecule has 7 heteroatoms. The van der Waals surface area contributed by atoms with Gasteiger partial charge in [-0.1, -0.05) is 12.1 Å². The van der Waals surface area contributed by atoms with Gasteiger partial charge in [0.15, 0.2) is 0 Å². The van der Waals surface area contributed by atoms with Gasteiger partial charge in [0.05, 0.1) is 18.3 Å². The highest BCUT2D eigenvalue weighted by Crippen LogP contribution is 2.15. The van der Waals surface area contributed by atoms with Gasteiger partial charge in [-0.3, -0.25) is 4.79 Å². The van der Waals surface area contributed by atoms with E-state index in [1.165, 1.54) is 12.1 Å². The average molecular weight is 351 g/mol. The molecule has 1 aliphatic rings. The summed E-state index contributed by atoms with van der Waals surface area (Å²) in [6.45, 7) is 3.85. The van der Waals surface area contributed by atoms with E-state index in [1.807, 2.05) is 6.07 Å². The maximum atomic E-state index is 12.8. The Morgan fingerprint density at radius 2 is 1.88 bits per heavy atom. The van der Waals surface area contributed by atoms with Gasteiger partial charge in [0.1, 0.15) is 11.6 Å². The zero-order chi connectivity index (χ0) is 16.1. The summed E-state index contributed by atoms with van der Waals surface area (Å²) in [5, 5.41) is 6.07. The largest absolute Gasteiger partial charge is 0.368 e. The second kappa shape index (κ2) is 8.61. The van der Waals surface area contributed by atoms with Crippen molar-refractivity contribution in [3.63, 3.8) is 0 Å². The topological polar surface area (TPSA) is 57.3 Å².